The van der Waals surface area contributed by atoms with E-state index < -0.39 is 39.9 Å². The number of benzene rings is 2. The van der Waals surface area contributed by atoms with Crippen LogP contribution in [0.2, 0.25) is 5.02 Å². The van der Waals surface area contributed by atoms with E-state index in [1.807, 2.05) is 0 Å². The van der Waals surface area contributed by atoms with Crippen molar-refractivity contribution in [3.63, 3.8) is 0 Å². The van der Waals surface area contributed by atoms with E-state index in [1.54, 1.807) is 0 Å². The number of nitrogens with zero attached hydrogens (tertiary/aromatic N) is 1. The van der Waals surface area contributed by atoms with Gasteiger partial charge in [0.05, 0.1) is 22.7 Å². The highest BCUT2D eigenvalue weighted by Gasteiger charge is 2.34. The lowest BCUT2D eigenvalue weighted by Crippen LogP contribution is -2.38. The van der Waals surface area contributed by atoms with Gasteiger partial charge < -0.3 is 5.32 Å². The molecular weight excluding hydrogens is 405 g/mol. The van der Waals surface area contributed by atoms with Crippen LogP contribution >= 0.6 is 11.6 Å². The van der Waals surface area contributed by atoms with E-state index in [9.17, 15) is 26.4 Å². The molecule has 5 nitrogen and oxygen atoms in total. The van der Waals surface area contributed by atoms with Crippen LogP contribution < -0.4 is 5.32 Å². The van der Waals surface area contributed by atoms with Crippen LogP contribution in [-0.4, -0.2) is 31.7 Å². The summed E-state index contributed by atoms with van der Waals surface area (Å²) in [4.78, 5) is 12.1. The fourth-order valence-electron chi connectivity index (χ4n) is 2.31. The van der Waals surface area contributed by atoms with E-state index in [2.05, 4.69) is 5.32 Å². The number of hydrogen-bond acceptors (Lipinski definition) is 3. The summed E-state index contributed by atoms with van der Waals surface area (Å²) >= 11 is 5.74. The van der Waals surface area contributed by atoms with Crippen LogP contribution in [0.4, 0.5) is 18.9 Å². The van der Waals surface area contributed by atoms with Crippen molar-refractivity contribution in [2.24, 2.45) is 0 Å². The summed E-state index contributed by atoms with van der Waals surface area (Å²) in [5.74, 6) is -0.883. The average Bonchev–Trinajstić information content (AvgIpc) is 2.59. The van der Waals surface area contributed by atoms with Crippen LogP contribution in [0.1, 0.15) is 12.5 Å². The molecule has 2 aromatic carbocycles. The minimum atomic E-state index is -4.65. The van der Waals surface area contributed by atoms with Gasteiger partial charge in [0.25, 0.3) is 0 Å². The van der Waals surface area contributed by atoms with E-state index in [-0.39, 0.29) is 11.4 Å². The van der Waals surface area contributed by atoms with Crippen molar-refractivity contribution in [1.29, 1.82) is 0 Å². The lowest BCUT2D eigenvalue weighted by atomic mass is 10.1. The van der Waals surface area contributed by atoms with Crippen LogP contribution in [0.15, 0.2) is 53.4 Å². The lowest BCUT2D eigenvalue weighted by molar-refractivity contribution is -0.137. The average molecular weight is 421 g/mol. The zero-order chi connectivity index (χ0) is 20.2. The van der Waals surface area contributed by atoms with Crippen molar-refractivity contribution in [3.8, 4) is 0 Å². The molecule has 0 fully saturated rings. The number of carbonyl (C=O) groups excluding carboxylic acids is 1. The maximum atomic E-state index is 13.0. The third kappa shape index (κ3) is 5.21. The second kappa shape index (κ2) is 8.28. The summed E-state index contributed by atoms with van der Waals surface area (Å²) in [6.45, 7) is 0.845. The quantitative estimate of drug-likeness (QED) is 0.767. The van der Waals surface area contributed by atoms with Gasteiger partial charge in [0.2, 0.25) is 15.9 Å². The monoisotopic (exact) mass is 420 g/mol. The number of nitrogens with one attached hydrogen (secondary N) is 1. The zero-order valence-electron chi connectivity index (χ0n) is 14.1. The third-order valence-electron chi connectivity index (χ3n) is 3.63. The summed E-state index contributed by atoms with van der Waals surface area (Å²) in [5, 5.41) is 2.47. The van der Waals surface area contributed by atoms with Crippen molar-refractivity contribution >= 4 is 33.2 Å². The summed E-state index contributed by atoms with van der Waals surface area (Å²) in [7, 11) is -4.00. The van der Waals surface area contributed by atoms with E-state index in [4.69, 9.17) is 11.6 Å². The Morgan fingerprint density at radius 3 is 2.26 bits per heavy atom. The number of amides is 1. The minimum absolute atomic E-state index is 0.0424. The molecule has 10 heteroatoms. The highest BCUT2D eigenvalue weighted by molar-refractivity contribution is 7.89. The molecular formula is C17H16ClF3N2O3S. The van der Waals surface area contributed by atoms with Gasteiger partial charge in [-0.25, -0.2) is 8.42 Å². The van der Waals surface area contributed by atoms with E-state index in [1.165, 1.54) is 43.3 Å². The van der Waals surface area contributed by atoms with Gasteiger partial charge in [-0.15, -0.1) is 0 Å². The normalized spacial score (nSPS) is 12.2. The summed E-state index contributed by atoms with van der Waals surface area (Å²) < 4.78 is 65.1. The second-order valence-electron chi connectivity index (χ2n) is 5.48. The molecule has 0 bridgehead atoms. The molecule has 1 N–H and O–H groups in total. The van der Waals surface area contributed by atoms with Gasteiger partial charge in [-0.05, 0) is 36.4 Å². The summed E-state index contributed by atoms with van der Waals surface area (Å²) in [6, 6.07) is 9.83. The largest absolute Gasteiger partial charge is 0.418 e. The number of carbonyl (C=O) groups is 1. The predicted octanol–water partition coefficient (Wildman–Crippen LogP) is 4.01. The van der Waals surface area contributed by atoms with Crippen LogP contribution in [0.3, 0.4) is 0 Å². The Morgan fingerprint density at radius 2 is 1.70 bits per heavy atom. The van der Waals surface area contributed by atoms with Gasteiger partial charge in [0.1, 0.15) is 0 Å². The molecule has 0 heterocycles. The molecule has 0 aliphatic heterocycles. The van der Waals surface area contributed by atoms with Crippen LogP contribution in [0, 0.1) is 0 Å². The molecule has 1 amide bonds. The molecule has 0 saturated heterocycles. The third-order valence-corrected chi connectivity index (χ3v) is 5.82. The van der Waals surface area contributed by atoms with Crippen molar-refractivity contribution in [1.82, 2.24) is 4.31 Å². The molecule has 0 spiro atoms. The molecule has 0 saturated carbocycles. The topological polar surface area (TPSA) is 66.5 Å². The van der Waals surface area contributed by atoms with E-state index >= 15 is 0 Å². The number of likely N-dealkylation sites (N-methyl/N-ethyl adjacent to an activating group) is 1. The van der Waals surface area contributed by atoms with Crippen LogP contribution in [-0.2, 0) is 21.0 Å². The molecule has 0 atom stereocenters. The Kier molecular flexibility index (Phi) is 6.50. The lowest BCUT2D eigenvalue weighted by Gasteiger charge is -2.21. The number of hydrogen-bond donors (Lipinski definition) is 1. The number of rotatable bonds is 6. The smallest absolute Gasteiger partial charge is 0.324 e. The fraction of sp³-hybridized carbons (Fsp3) is 0.235. The highest BCUT2D eigenvalue weighted by Crippen LogP contribution is 2.34. The van der Waals surface area contributed by atoms with Gasteiger partial charge in [0, 0.05) is 11.6 Å². The van der Waals surface area contributed by atoms with Gasteiger partial charge in [-0.1, -0.05) is 30.7 Å². The first-order valence-electron chi connectivity index (χ1n) is 7.77. The first kappa shape index (κ1) is 21.2. The molecule has 2 rings (SSSR count). The first-order valence-corrected chi connectivity index (χ1v) is 9.59. The maximum absolute atomic E-state index is 13.0. The fourth-order valence-corrected chi connectivity index (χ4v) is 3.84. The Labute approximate surface area is 159 Å². The van der Waals surface area contributed by atoms with E-state index in [0.717, 1.165) is 16.4 Å². The Bertz CT molecular complexity index is 916. The van der Waals surface area contributed by atoms with Crippen LogP contribution in [0.5, 0.6) is 0 Å². The number of para-hydroxylation sites is 1. The number of alkyl halides is 3. The van der Waals surface area contributed by atoms with Gasteiger partial charge in [0.15, 0.2) is 0 Å². The van der Waals surface area contributed by atoms with Crippen molar-refractivity contribution in [2.45, 2.75) is 18.0 Å². The molecule has 146 valence electrons. The Morgan fingerprint density at radius 1 is 1.11 bits per heavy atom. The van der Waals surface area contributed by atoms with Crippen molar-refractivity contribution < 1.29 is 26.4 Å². The summed E-state index contributed by atoms with van der Waals surface area (Å²) in [5.41, 5.74) is -1.45. The zero-order valence-corrected chi connectivity index (χ0v) is 15.7. The highest BCUT2D eigenvalue weighted by atomic mass is 35.5. The molecule has 0 aromatic heterocycles. The van der Waals surface area contributed by atoms with Gasteiger partial charge in [-0.3, -0.25) is 4.79 Å². The minimum Gasteiger partial charge on any atom is -0.324 e. The molecule has 27 heavy (non-hydrogen) atoms. The SMILES string of the molecule is CCN(CC(=O)Nc1ccccc1C(F)(F)F)S(=O)(=O)c1ccc(Cl)cc1. The number of sulfonamides is 1. The Hall–Kier alpha value is -2.10. The molecule has 0 radical (unpaired) electrons. The van der Waals surface area contributed by atoms with Gasteiger partial charge >= 0.3 is 6.18 Å². The van der Waals surface area contributed by atoms with Crippen molar-refractivity contribution in [2.75, 3.05) is 18.4 Å². The summed E-state index contributed by atoms with van der Waals surface area (Å²) in [6.07, 6.45) is -4.65. The molecule has 0 aliphatic rings. The first-order chi connectivity index (χ1) is 12.6. The molecule has 2 aromatic rings. The standard InChI is InChI=1S/C17H16ClF3N2O3S/c1-2-23(27(25,26)13-9-7-12(18)8-10-13)11-16(24)22-15-6-4-3-5-14(15)17(19,20)21/h3-10H,2,11H2,1H3,(H,22,24). The number of anilines is 1. The van der Waals surface area contributed by atoms with Crippen molar-refractivity contribution in [3.05, 3.63) is 59.1 Å². The predicted molar refractivity (Wildman–Crippen MR) is 96.0 cm³/mol. The number of halogens is 4. The molecule has 0 unspecified atom stereocenters. The molecule has 0 aliphatic carbocycles. The van der Waals surface area contributed by atoms with E-state index in [0.29, 0.717) is 5.02 Å². The second-order valence-corrected chi connectivity index (χ2v) is 7.85. The van der Waals surface area contributed by atoms with Gasteiger partial charge in [-0.2, -0.15) is 17.5 Å². The van der Waals surface area contributed by atoms with Crippen LogP contribution in [0.25, 0.3) is 0 Å². The maximum Gasteiger partial charge on any atom is 0.418 e. The Balaban J connectivity index is 2.20.